The van der Waals surface area contributed by atoms with E-state index in [-0.39, 0.29) is 11.8 Å². The van der Waals surface area contributed by atoms with Crippen molar-refractivity contribution in [1.29, 1.82) is 0 Å². The van der Waals surface area contributed by atoms with Gasteiger partial charge in [0.05, 0.1) is 6.54 Å². The first kappa shape index (κ1) is 17.5. The van der Waals surface area contributed by atoms with Crippen LogP contribution in [0.5, 0.6) is 0 Å². The molecule has 0 atom stereocenters. The summed E-state index contributed by atoms with van der Waals surface area (Å²) in [5, 5.41) is 7.82. The molecular formula is C22H23N3O2. The van der Waals surface area contributed by atoms with E-state index >= 15 is 0 Å². The maximum atomic E-state index is 13.0. The molecular weight excluding hydrogens is 338 g/mol. The smallest absolute Gasteiger partial charge is 0.235 e. The zero-order valence-electron chi connectivity index (χ0n) is 15.7. The number of hydrogen-bond donors (Lipinski definition) is 0. The van der Waals surface area contributed by atoms with Gasteiger partial charge in [-0.15, -0.1) is 10.2 Å². The number of hydrogen-bond acceptors (Lipinski definition) is 4. The molecule has 0 fully saturated rings. The fourth-order valence-electron chi connectivity index (χ4n) is 3.88. The van der Waals surface area contributed by atoms with Gasteiger partial charge in [-0.05, 0) is 35.1 Å². The number of aryl methyl sites for hydroxylation is 3. The van der Waals surface area contributed by atoms with E-state index in [4.69, 9.17) is 4.42 Å². The van der Waals surface area contributed by atoms with Crippen molar-refractivity contribution in [3.05, 3.63) is 82.6 Å². The first-order valence-electron chi connectivity index (χ1n) is 9.30. The molecule has 1 amide bonds. The zero-order valence-corrected chi connectivity index (χ0v) is 15.7. The van der Waals surface area contributed by atoms with Crippen LogP contribution in [0.3, 0.4) is 0 Å². The molecule has 27 heavy (non-hydrogen) atoms. The fourth-order valence-corrected chi connectivity index (χ4v) is 3.88. The van der Waals surface area contributed by atoms with E-state index in [1.54, 1.807) is 18.9 Å². The highest BCUT2D eigenvalue weighted by atomic mass is 16.4. The monoisotopic (exact) mass is 361 g/mol. The Morgan fingerprint density at radius 1 is 1.04 bits per heavy atom. The van der Waals surface area contributed by atoms with Crippen LogP contribution in [0.2, 0.25) is 0 Å². The van der Waals surface area contributed by atoms with Crippen molar-refractivity contribution < 1.29 is 9.21 Å². The molecule has 5 nitrogen and oxygen atoms in total. The number of fused-ring (bicyclic) bond motifs is 2. The number of nitrogens with zero attached hydrogens (tertiary/aromatic N) is 3. The molecule has 0 saturated heterocycles. The molecule has 0 N–H and O–H groups in total. The van der Waals surface area contributed by atoms with Crippen LogP contribution < -0.4 is 0 Å². The Kier molecular flexibility index (Phi) is 4.75. The second kappa shape index (κ2) is 7.35. The lowest BCUT2D eigenvalue weighted by Gasteiger charge is -2.23. The van der Waals surface area contributed by atoms with Crippen LogP contribution in [-0.2, 0) is 24.2 Å². The average molecular weight is 361 g/mol. The van der Waals surface area contributed by atoms with Crippen LogP contribution in [0.1, 0.15) is 46.4 Å². The van der Waals surface area contributed by atoms with E-state index in [1.165, 1.54) is 22.3 Å². The van der Waals surface area contributed by atoms with E-state index in [0.717, 1.165) is 12.8 Å². The summed E-state index contributed by atoms with van der Waals surface area (Å²) in [4.78, 5) is 14.7. The second-order valence-corrected chi connectivity index (χ2v) is 7.12. The van der Waals surface area contributed by atoms with Gasteiger partial charge in [-0.2, -0.15) is 0 Å². The van der Waals surface area contributed by atoms with Gasteiger partial charge in [0.2, 0.25) is 17.7 Å². The number of carbonyl (C=O) groups is 1. The van der Waals surface area contributed by atoms with Gasteiger partial charge in [0, 0.05) is 26.3 Å². The Morgan fingerprint density at radius 3 is 2.19 bits per heavy atom. The minimum Gasteiger partial charge on any atom is -0.424 e. The summed E-state index contributed by atoms with van der Waals surface area (Å²) >= 11 is 0. The van der Waals surface area contributed by atoms with E-state index in [1.807, 2.05) is 0 Å². The van der Waals surface area contributed by atoms with E-state index < -0.39 is 0 Å². The lowest BCUT2D eigenvalue weighted by Crippen LogP contribution is -2.28. The summed E-state index contributed by atoms with van der Waals surface area (Å²) < 4.78 is 5.41. The van der Waals surface area contributed by atoms with Crippen molar-refractivity contribution >= 4 is 5.91 Å². The van der Waals surface area contributed by atoms with Crippen LogP contribution in [-0.4, -0.2) is 28.1 Å². The molecule has 138 valence electrons. The van der Waals surface area contributed by atoms with Crippen molar-refractivity contribution in [1.82, 2.24) is 15.1 Å². The quantitative estimate of drug-likeness (QED) is 0.712. The third kappa shape index (κ3) is 3.63. The molecule has 0 bridgehead atoms. The Balaban J connectivity index is 1.61. The molecule has 1 heterocycles. The van der Waals surface area contributed by atoms with Crippen molar-refractivity contribution in [2.24, 2.45) is 0 Å². The molecule has 0 aliphatic heterocycles. The summed E-state index contributed by atoms with van der Waals surface area (Å²) in [6, 6.07) is 17.0. The Bertz CT molecular complexity index is 916. The minimum absolute atomic E-state index is 0.0688. The van der Waals surface area contributed by atoms with Crippen molar-refractivity contribution in [3.8, 4) is 0 Å². The minimum atomic E-state index is 0.0688. The summed E-state index contributed by atoms with van der Waals surface area (Å²) in [5.41, 5.74) is 5.19. The standard InChI is InChI=1S/C22H23N3O2/c1-15-23-24-21(27-15)14-25(2)22(26)13-20-18-9-5-3-7-16(18)11-12-17-8-4-6-10-19(17)20/h3-10,20H,11-14H2,1-2H3. The number of carbonyl (C=O) groups excluding carboxylic acids is 1. The van der Waals surface area contributed by atoms with Crippen LogP contribution >= 0.6 is 0 Å². The van der Waals surface area contributed by atoms with Gasteiger partial charge >= 0.3 is 0 Å². The third-order valence-electron chi connectivity index (χ3n) is 5.27. The number of rotatable bonds is 4. The lowest BCUT2D eigenvalue weighted by atomic mass is 9.85. The number of benzene rings is 2. The highest BCUT2D eigenvalue weighted by Crippen LogP contribution is 2.36. The molecule has 1 aliphatic carbocycles. The van der Waals surface area contributed by atoms with E-state index in [9.17, 15) is 4.79 Å². The summed E-state index contributed by atoms with van der Waals surface area (Å²) in [6.07, 6.45) is 2.45. The molecule has 5 heteroatoms. The molecule has 4 rings (SSSR count). The largest absolute Gasteiger partial charge is 0.424 e. The molecule has 0 spiro atoms. The predicted molar refractivity (Wildman–Crippen MR) is 102 cm³/mol. The molecule has 0 unspecified atom stereocenters. The molecule has 0 radical (unpaired) electrons. The molecule has 3 aromatic rings. The van der Waals surface area contributed by atoms with Gasteiger partial charge in [0.1, 0.15) is 0 Å². The van der Waals surface area contributed by atoms with Gasteiger partial charge in [-0.3, -0.25) is 4.79 Å². The van der Waals surface area contributed by atoms with Crippen LogP contribution in [0.4, 0.5) is 0 Å². The van der Waals surface area contributed by atoms with Crippen molar-refractivity contribution in [2.45, 2.75) is 38.6 Å². The van der Waals surface area contributed by atoms with Crippen molar-refractivity contribution in [2.75, 3.05) is 7.05 Å². The lowest BCUT2D eigenvalue weighted by molar-refractivity contribution is -0.130. The van der Waals surface area contributed by atoms with Gasteiger partial charge in [0.15, 0.2) is 0 Å². The van der Waals surface area contributed by atoms with Crippen LogP contribution in [0.15, 0.2) is 52.9 Å². The number of aromatic nitrogens is 2. The maximum Gasteiger partial charge on any atom is 0.235 e. The highest BCUT2D eigenvalue weighted by Gasteiger charge is 2.27. The van der Waals surface area contributed by atoms with Crippen molar-refractivity contribution in [3.63, 3.8) is 0 Å². The molecule has 1 aromatic heterocycles. The highest BCUT2D eigenvalue weighted by molar-refractivity contribution is 5.77. The topological polar surface area (TPSA) is 59.2 Å². The van der Waals surface area contributed by atoms with E-state index in [2.05, 4.69) is 58.7 Å². The Morgan fingerprint density at radius 2 is 1.63 bits per heavy atom. The first-order valence-corrected chi connectivity index (χ1v) is 9.30. The number of amides is 1. The third-order valence-corrected chi connectivity index (χ3v) is 5.27. The normalized spacial score (nSPS) is 13.6. The maximum absolute atomic E-state index is 13.0. The fraction of sp³-hybridized carbons (Fsp3) is 0.318. The average Bonchev–Trinajstić information content (AvgIpc) is 3.02. The zero-order chi connectivity index (χ0) is 18.8. The van der Waals surface area contributed by atoms with Gasteiger partial charge < -0.3 is 9.32 Å². The predicted octanol–water partition coefficient (Wildman–Crippen LogP) is 3.66. The van der Waals surface area contributed by atoms with Gasteiger partial charge in [-0.1, -0.05) is 48.5 Å². The summed E-state index contributed by atoms with van der Waals surface area (Å²) in [6.45, 7) is 2.08. The molecule has 0 saturated carbocycles. The van der Waals surface area contributed by atoms with Gasteiger partial charge in [0.25, 0.3) is 0 Å². The SMILES string of the molecule is Cc1nnc(CN(C)C(=O)CC2c3ccccc3CCc3ccccc32)o1. The first-order chi connectivity index (χ1) is 13.1. The van der Waals surface area contributed by atoms with Crippen LogP contribution in [0, 0.1) is 6.92 Å². The summed E-state index contributed by atoms with van der Waals surface area (Å²) in [7, 11) is 1.79. The molecule has 2 aromatic carbocycles. The summed E-state index contributed by atoms with van der Waals surface area (Å²) in [5.74, 6) is 1.11. The Labute approximate surface area is 159 Å². The Hall–Kier alpha value is -2.95. The van der Waals surface area contributed by atoms with Crippen LogP contribution in [0.25, 0.3) is 0 Å². The second-order valence-electron chi connectivity index (χ2n) is 7.12. The van der Waals surface area contributed by atoms with Gasteiger partial charge in [-0.25, -0.2) is 0 Å². The molecule has 1 aliphatic rings. The van der Waals surface area contributed by atoms with E-state index in [0.29, 0.717) is 24.7 Å².